The molecule has 15 heteroatoms. The van der Waals surface area contributed by atoms with Gasteiger partial charge in [0.05, 0.1) is 49.7 Å². The van der Waals surface area contributed by atoms with Crippen LogP contribution < -0.4 is 9.62 Å². The van der Waals surface area contributed by atoms with Crippen molar-refractivity contribution in [2.45, 2.75) is 30.3 Å². The maximum atomic E-state index is 14.4. The van der Waals surface area contributed by atoms with E-state index in [2.05, 4.69) is 10.3 Å². The first-order valence-electron chi connectivity index (χ1n) is 13.8. The van der Waals surface area contributed by atoms with Crippen LogP contribution in [0.1, 0.15) is 29.3 Å². The number of imidazole rings is 1. The highest BCUT2D eigenvalue weighted by Gasteiger charge is 2.41. The maximum Gasteiger partial charge on any atom is 0.416 e. The molecule has 0 saturated heterocycles. The Morgan fingerprint density at radius 1 is 1.11 bits per heavy atom. The van der Waals surface area contributed by atoms with Crippen LogP contribution in [0.2, 0.25) is 5.02 Å². The number of hydrogen-bond donors (Lipinski definition) is 2. The number of carbonyl (C=O) groups is 2. The number of hydrogen-bond acceptors (Lipinski definition) is 5. The van der Waals surface area contributed by atoms with Crippen LogP contribution in [0, 0.1) is 24.6 Å². The zero-order chi connectivity index (χ0) is 33.7. The number of rotatable bonds is 7. The number of sulfonamides is 1. The van der Waals surface area contributed by atoms with E-state index in [0.29, 0.717) is 23.0 Å². The zero-order valence-electron chi connectivity index (χ0n) is 24.5. The Labute approximate surface area is 266 Å². The highest BCUT2D eigenvalue weighted by atomic mass is 35.5. The summed E-state index contributed by atoms with van der Waals surface area (Å²) in [4.78, 5) is 30.0. The Morgan fingerprint density at radius 3 is 2.46 bits per heavy atom. The third-order valence-electron chi connectivity index (χ3n) is 8.17. The van der Waals surface area contributed by atoms with Crippen LogP contribution in [0.3, 0.4) is 0 Å². The molecule has 0 bridgehead atoms. The predicted octanol–water partition coefficient (Wildman–Crippen LogP) is 6.52. The quantitative estimate of drug-likeness (QED) is 0.170. The number of carboxylic acid groups (broad SMARTS) is 1. The van der Waals surface area contributed by atoms with E-state index < -0.39 is 62.9 Å². The molecule has 46 heavy (non-hydrogen) atoms. The number of allylic oxidation sites excluding steroid dienone is 1. The molecule has 5 rings (SSSR count). The molecule has 0 radical (unpaired) electrons. The molecule has 0 aliphatic heterocycles. The van der Waals surface area contributed by atoms with Gasteiger partial charge in [0.15, 0.2) is 0 Å². The van der Waals surface area contributed by atoms with Crippen molar-refractivity contribution in [2.75, 3.05) is 16.7 Å². The van der Waals surface area contributed by atoms with Gasteiger partial charge in [0, 0.05) is 20.0 Å². The standard InChI is InChI=1S/C31H27ClF4N4O5S/c1-16-37-25-15-19(9-12-27(25)39(16)2)46(44,45)40(3)26-11-7-17(13-22(26)32)20-5-4-6-21(28(20)30(42)43)29(41)38-24-10-8-18(14-23(24)33)31(34,35)36/h4,6-15,20-21,28H,5H2,1-3H3,(H,38,41)(H,42,43)/t20-,21-,28-/m1/s1. The van der Waals surface area contributed by atoms with Crippen LogP contribution in [0.15, 0.2) is 71.6 Å². The fourth-order valence-corrected chi connectivity index (χ4v) is 7.17. The second-order valence-corrected chi connectivity index (χ2v) is 13.3. The van der Waals surface area contributed by atoms with Gasteiger partial charge in [0.2, 0.25) is 5.91 Å². The van der Waals surface area contributed by atoms with Gasteiger partial charge in [-0.1, -0.05) is 29.8 Å². The van der Waals surface area contributed by atoms with Crippen LogP contribution in [0.5, 0.6) is 0 Å². The summed E-state index contributed by atoms with van der Waals surface area (Å²) in [6.45, 7) is 1.80. The molecule has 0 fully saturated rings. The Morgan fingerprint density at radius 2 is 1.83 bits per heavy atom. The van der Waals surface area contributed by atoms with Crippen LogP contribution in [0.25, 0.3) is 11.0 Å². The van der Waals surface area contributed by atoms with Crippen molar-refractivity contribution in [3.8, 4) is 0 Å². The number of anilines is 2. The lowest BCUT2D eigenvalue weighted by Gasteiger charge is -2.32. The molecule has 0 spiro atoms. The van der Waals surface area contributed by atoms with E-state index in [-0.39, 0.29) is 28.1 Å². The first kappa shape index (κ1) is 32.9. The van der Waals surface area contributed by atoms with Crippen molar-refractivity contribution in [3.05, 3.63) is 94.5 Å². The maximum absolute atomic E-state index is 14.4. The number of benzene rings is 3. The number of nitrogens with zero attached hydrogens (tertiary/aromatic N) is 3. The lowest BCUT2D eigenvalue weighted by molar-refractivity contribution is -0.146. The van der Waals surface area contributed by atoms with Gasteiger partial charge < -0.3 is 15.0 Å². The normalized spacial score (nSPS) is 18.5. The number of aromatic nitrogens is 2. The van der Waals surface area contributed by atoms with Gasteiger partial charge >= 0.3 is 12.1 Å². The van der Waals surface area contributed by atoms with Crippen LogP contribution in [-0.2, 0) is 32.8 Å². The topological polar surface area (TPSA) is 122 Å². The Bertz CT molecular complexity index is 2010. The first-order valence-corrected chi connectivity index (χ1v) is 15.6. The van der Waals surface area contributed by atoms with Crippen molar-refractivity contribution in [1.82, 2.24) is 9.55 Å². The number of carboxylic acids is 1. The number of halogens is 5. The predicted molar refractivity (Wildman–Crippen MR) is 164 cm³/mol. The van der Waals surface area contributed by atoms with Crippen molar-refractivity contribution >= 4 is 55.9 Å². The number of aliphatic carboxylic acids is 1. The molecular weight excluding hydrogens is 652 g/mol. The smallest absolute Gasteiger partial charge is 0.416 e. The summed E-state index contributed by atoms with van der Waals surface area (Å²) in [6.07, 6.45) is -1.68. The molecule has 0 unspecified atom stereocenters. The molecule has 1 amide bonds. The van der Waals surface area contributed by atoms with Gasteiger partial charge in [-0.15, -0.1) is 0 Å². The molecule has 3 atom stereocenters. The highest BCUT2D eigenvalue weighted by molar-refractivity contribution is 7.92. The van der Waals surface area contributed by atoms with E-state index in [4.69, 9.17) is 11.6 Å². The fourth-order valence-electron chi connectivity index (χ4n) is 5.57. The van der Waals surface area contributed by atoms with Crippen molar-refractivity contribution in [3.63, 3.8) is 0 Å². The largest absolute Gasteiger partial charge is 0.481 e. The van der Waals surface area contributed by atoms with E-state index in [0.717, 1.165) is 15.9 Å². The Kier molecular flexibility index (Phi) is 8.64. The monoisotopic (exact) mass is 678 g/mol. The molecular formula is C31H27ClF4N4O5S. The van der Waals surface area contributed by atoms with Gasteiger partial charge in [-0.05, 0) is 67.4 Å². The Hall–Kier alpha value is -4.43. The number of alkyl halides is 3. The average Bonchev–Trinajstić information content (AvgIpc) is 3.28. The van der Waals surface area contributed by atoms with Crippen molar-refractivity contribution < 1.29 is 40.7 Å². The average molecular weight is 679 g/mol. The third-order valence-corrected chi connectivity index (χ3v) is 10.2. The van der Waals surface area contributed by atoms with E-state index in [1.54, 1.807) is 19.1 Å². The van der Waals surface area contributed by atoms with Gasteiger partial charge in [-0.25, -0.2) is 17.8 Å². The minimum Gasteiger partial charge on any atom is -0.481 e. The van der Waals surface area contributed by atoms with Gasteiger partial charge in [-0.3, -0.25) is 13.9 Å². The molecule has 1 aromatic heterocycles. The summed E-state index contributed by atoms with van der Waals surface area (Å²) in [5.74, 6) is -6.38. The van der Waals surface area contributed by atoms with E-state index in [1.165, 1.54) is 43.5 Å². The van der Waals surface area contributed by atoms with Crippen LogP contribution in [0.4, 0.5) is 28.9 Å². The molecule has 0 saturated carbocycles. The van der Waals surface area contributed by atoms with Gasteiger partial charge in [0.1, 0.15) is 11.6 Å². The number of nitrogens with one attached hydrogen (secondary N) is 1. The minimum absolute atomic E-state index is 0.00449. The van der Waals surface area contributed by atoms with E-state index >= 15 is 0 Å². The van der Waals surface area contributed by atoms with Gasteiger partial charge in [0.25, 0.3) is 10.0 Å². The molecule has 3 aromatic carbocycles. The molecule has 1 aliphatic rings. The summed E-state index contributed by atoms with van der Waals surface area (Å²) in [5.41, 5.74) is 0.000115. The van der Waals surface area contributed by atoms with Crippen molar-refractivity contribution in [1.29, 1.82) is 0 Å². The summed E-state index contributed by atoms with van der Waals surface area (Å²) in [7, 11) is -0.943. The first-order chi connectivity index (χ1) is 21.5. The summed E-state index contributed by atoms with van der Waals surface area (Å²) in [6, 6.07) is 10.6. The third kappa shape index (κ3) is 6.06. The zero-order valence-corrected chi connectivity index (χ0v) is 26.1. The number of amides is 1. The second-order valence-electron chi connectivity index (χ2n) is 10.9. The second kappa shape index (κ2) is 12.1. The lowest BCUT2D eigenvalue weighted by Crippen LogP contribution is -2.38. The summed E-state index contributed by atoms with van der Waals surface area (Å²) < 4.78 is 83.1. The molecule has 4 aromatic rings. The highest BCUT2D eigenvalue weighted by Crippen LogP contribution is 2.42. The molecule has 242 valence electrons. The Balaban J connectivity index is 1.39. The van der Waals surface area contributed by atoms with E-state index in [1.807, 2.05) is 11.6 Å². The van der Waals surface area contributed by atoms with Crippen LogP contribution >= 0.6 is 11.6 Å². The SMILES string of the molecule is Cc1nc2cc(S(=O)(=O)N(C)c3ccc([C@H]4CC=C[C@@H](C(=O)Nc5ccc(C(F)(F)F)cc5F)[C@@H]4C(=O)O)cc3Cl)ccc2n1C. The number of carbonyl (C=O) groups excluding carboxylic acids is 1. The summed E-state index contributed by atoms with van der Waals surface area (Å²) in [5, 5.41) is 12.3. The lowest BCUT2D eigenvalue weighted by atomic mass is 9.72. The van der Waals surface area contributed by atoms with Crippen LogP contribution in [-0.4, -0.2) is 42.0 Å². The minimum atomic E-state index is -4.79. The van der Waals surface area contributed by atoms with Crippen molar-refractivity contribution in [2.24, 2.45) is 18.9 Å². The fraction of sp³-hybridized carbons (Fsp3) is 0.258. The van der Waals surface area contributed by atoms with Gasteiger partial charge in [-0.2, -0.15) is 13.2 Å². The molecule has 1 aliphatic carbocycles. The molecule has 1 heterocycles. The number of aryl methyl sites for hydroxylation is 2. The van der Waals surface area contributed by atoms with E-state index in [9.17, 15) is 40.7 Å². The molecule has 9 nitrogen and oxygen atoms in total. The molecule has 2 N–H and O–H groups in total. The summed E-state index contributed by atoms with van der Waals surface area (Å²) >= 11 is 6.56. The number of fused-ring (bicyclic) bond motifs is 1.